The lowest BCUT2D eigenvalue weighted by Gasteiger charge is -2.37. The summed E-state index contributed by atoms with van der Waals surface area (Å²) in [6, 6.07) is 18.5. The third-order valence-electron chi connectivity index (χ3n) is 6.44. The third-order valence-corrected chi connectivity index (χ3v) is 6.44. The van der Waals surface area contributed by atoms with Crippen LogP contribution >= 0.6 is 0 Å². The fourth-order valence-corrected chi connectivity index (χ4v) is 4.72. The third kappa shape index (κ3) is 5.25. The van der Waals surface area contributed by atoms with Gasteiger partial charge in [-0.2, -0.15) is 0 Å². The standard InChI is InChI=1S/C25H32N4O2/c1-20(30)29-13-11-21-7-5-6-10-23(21)24(29)19-25(31)26-12-14-27-15-17-28(18-16-27)22-8-3-2-4-9-22/h2-10,24H,11-19H2,1H3,(H,26,31). The van der Waals surface area contributed by atoms with E-state index in [9.17, 15) is 9.59 Å². The average molecular weight is 421 g/mol. The molecule has 164 valence electrons. The fraction of sp³-hybridized carbons (Fsp3) is 0.440. The second-order valence-corrected chi connectivity index (χ2v) is 8.40. The normalized spacial score (nSPS) is 19.1. The van der Waals surface area contributed by atoms with Gasteiger partial charge in [0.2, 0.25) is 11.8 Å². The molecule has 0 spiro atoms. The van der Waals surface area contributed by atoms with Crippen LogP contribution in [-0.4, -0.2) is 67.4 Å². The number of nitrogens with zero attached hydrogens (tertiary/aromatic N) is 3. The lowest BCUT2D eigenvalue weighted by molar-refractivity contribution is -0.133. The molecule has 1 fully saturated rings. The van der Waals surface area contributed by atoms with Crippen LogP contribution in [0.2, 0.25) is 0 Å². The molecular weight excluding hydrogens is 388 g/mol. The van der Waals surface area contributed by atoms with Crippen molar-refractivity contribution in [3.05, 3.63) is 65.7 Å². The number of anilines is 1. The average Bonchev–Trinajstić information content (AvgIpc) is 2.80. The van der Waals surface area contributed by atoms with Gasteiger partial charge in [0.1, 0.15) is 0 Å². The van der Waals surface area contributed by atoms with Crippen LogP contribution in [0.3, 0.4) is 0 Å². The van der Waals surface area contributed by atoms with Gasteiger partial charge in [-0.15, -0.1) is 0 Å². The number of amides is 2. The number of carbonyl (C=O) groups excluding carboxylic acids is 2. The predicted octanol–water partition coefficient (Wildman–Crippen LogP) is 2.46. The van der Waals surface area contributed by atoms with Crippen LogP contribution in [0.25, 0.3) is 0 Å². The molecule has 0 radical (unpaired) electrons. The van der Waals surface area contributed by atoms with Gasteiger partial charge in [0, 0.05) is 58.4 Å². The van der Waals surface area contributed by atoms with Gasteiger partial charge < -0.3 is 15.1 Å². The first kappa shape index (κ1) is 21.4. The monoisotopic (exact) mass is 420 g/mol. The van der Waals surface area contributed by atoms with Gasteiger partial charge in [0.15, 0.2) is 0 Å². The number of rotatable bonds is 6. The Labute approximate surface area is 184 Å². The van der Waals surface area contributed by atoms with Crippen LogP contribution in [0.5, 0.6) is 0 Å². The molecule has 2 aromatic rings. The molecule has 2 aromatic carbocycles. The molecule has 1 atom stereocenters. The van der Waals surface area contributed by atoms with E-state index in [-0.39, 0.29) is 17.9 Å². The van der Waals surface area contributed by atoms with Crippen LogP contribution < -0.4 is 10.2 Å². The van der Waals surface area contributed by atoms with E-state index in [2.05, 4.69) is 51.5 Å². The van der Waals surface area contributed by atoms with Crippen LogP contribution in [-0.2, 0) is 16.0 Å². The van der Waals surface area contributed by atoms with Crippen molar-refractivity contribution in [1.82, 2.24) is 15.1 Å². The van der Waals surface area contributed by atoms with E-state index in [4.69, 9.17) is 0 Å². The molecule has 6 nitrogen and oxygen atoms in total. The minimum atomic E-state index is -0.170. The summed E-state index contributed by atoms with van der Waals surface area (Å²) in [4.78, 5) is 31.5. The zero-order valence-corrected chi connectivity index (χ0v) is 18.3. The van der Waals surface area contributed by atoms with Crippen molar-refractivity contribution in [2.24, 2.45) is 0 Å². The van der Waals surface area contributed by atoms with Gasteiger partial charge in [0.25, 0.3) is 0 Å². The maximum Gasteiger partial charge on any atom is 0.222 e. The molecule has 0 aromatic heterocycles. The molecule has 1 unspecified atom stereocenters. The number of para-hydroxylation sites is 1. The zero-order chi connectivity index (χ0) is 21.6. The summed E-state index contributed by atoms with van der Waals surface area (Å²) in [5.41, 5.74) is 3.63. The molecule has 4 rings (SSSR count). The summed E-state index contributed by atoms with van der Waals surface area (Å²) in [6.45, 7) is 7.76. The Hall–Kier alpha value is -2.86. The lowest BCUT2D eigenvalue weighted by Crippen LogP contribution is -2.48. The maximum absolute atomic E-state index is 12.7. The summed E-state index contributed by atoms with van der Waals surface area (Å²) < 4.78 is 0. The Morgan fingerprint density at radius 3 is 2.39 bits per heavy atom. The SMILES string of the molecule is CC(=O)N1CCc2ccccc2C1CC(=O)NCCN1CCN(c2ccccc2)CC1. The molecular formula is C25H32N4O2. The van der Waals surface area contributed by atoms with E-state index in [0.717, 1.165) is 44.7 Å². The topological polar surface area (TPSA) is 55.9 Å². The summed E-state index contributed by atoms with van der Waals surface area (Å²) >= 11 is 0. The van der Waals surface area contributed by atoms with Gasteiger partial charge in [-0.1, -0.05) is 42.5 Å². The number of nitrogens with one attached hydrogen (secondary N) is 1. The molecule has 1 saturated heterocycles. The second kappa shape index (κ2) is 9.96. The van der Waals surface area contributed by atoms with Crippen molar-refractivity contribution in [2.45, 2.75) is 25.8 Å². The van der Waals surface area contributed by atoms with E-state index in [0.29, 0.717) is 19.5 Å². The van der Waals surface area contributed by atoms with Gasteiger partial charge in [-0.3, -0.25) is 14.5 Å². The summed E-state index contributed by atoms with van der Waals surface area (Å²) in [5, 5.41) is 3.08. The summed E-state index contributed by atoms with van der Waals surface area (Å²) in [7, 11) is 0. The number of hydrogen-bond donors (Lipinski definition) is 1. The minimum Gasteiger partial charge on any atom is -0.369 e. The number of piperazine rings is 1. The van der Waals surface area contributed by atoms with Crippen LogP contribution in [0, 0.1) is 0 Å². The number of fused-ring (bicyclic) bond motifs is 1. The number of carbonyl (C=O) groups is 2. The Kier molecular flexibility index (Phi) is 6.87. The van der Waals surface area contributed by atoms with Gasteiger partial charge >= 0.3 is 0 Å². The molecule has 2 heterocycles. The molecule has 0 aliphatic carbocycles. The van der Waals surface area contributed by atoms with E-state index in [1.807, 2.05) is 23.1 Å². The molecule has 2 aliphatic heterocycles. The van der Waals surface area contributed by atoms with Crippen molar-refractivity contribution < 1.29 is 9.59 Å². The molecule has 0 bridgehead atoms. The van der Waals surface area contributed by atoms with Crippen LogP contribution in [0.15, 0.2) is 54.6 Å². The highest BCUT2D eigenvalue weighted by molar-refractivity contribution is 5.79. The first-order valence-corrected chi connectivity index (χ1v) is 11.3. The number of hydrogen-bond acceptors (Lipinski definition) is 4. The van der Waals surface area contributed by atoms with Gasteiger partial charge in [-0.05, 0) is 29.7 Å². The summed E-state index contributed by atoms with van der Waals surface area (Å²) in [6.07, 6.45) is 1.17. The Bertz CT molecular complexity index is 893. The minimum absolute atomic E-state index is 0.0101. The quantitative estimate of drug-likeness (QED) is 0.780. The number of benzene rings is 2. The first-order valence-electron chi connectivity index (χ1n) is 11.3. The fourth-order valence-electron chi connectivity index (χ4n) is 4.72. The molecule has 1 N–H and O–H groups in total. The van der Waals surface area contributed by atoms with E-state index in [1.165, 1.54) is 11.3 Å². The molecule has 2 amide bonds. The maximum atomic E-state index is 12.7. The summed E-state index contributed by atoms with van der Waals surface area (Å²) in [5.74, 6) is 0.0412. The van der Waals surface area contributed by atoms with E-state index in [1.54, 1.807) is 6.92 Å². The molecule has 6 heteroatoms. The second-order valence-electron chi connectivity index (χ2n) is 8.40. The highest BCUT2D eigenvalue weighted by Crippen LogP contribution is 2.32. The smallest absolute Gasteiger partial charge is 0.222 e. The molecule has 0 saturated carbocycles. The molecule has 31 heavy (non-hydrogen) atoms. The van der Waals surface area contributed by atoms with Crippen molar-refractivity contribution >= 4 is 17.5 Å². The Morgan fingerprint density at radius 1 is 0.935 bits per heavy atom. The van der Waals surface area contributed by atoms with Crippen molar-refractivity contribution in [2.75, 3.05) is 50.7 Å². The lowest BCUT2D eigenvalue weighted by atomic mass is 9.90. The Morgan fingerprint density at radius 2 is 1.65 bits per heavy atom. The van der Waals surface area contributed by atoms with Gasteiger partial charge in [-0.25, -0.2) is 0 Å². The van der Waals surface area contributed by atoms with Crippen molar-refractivity contribution in [3.63, 3.8) is 0 Å². The van der Waals surface area contributed by atoms with Gasteiger partial charge in [0.05, 0.1) is 12.5 Å². The predicted molar refractivity (Wildman–Crippen MR) is 123 cm³/mol. The zero-order valence-electron chi connectivity index (χ0n) is 18.3. The van der Waals surface area contributed by atoms with Crippen molar-refractivity contribution in [3.8, 4) is 0 Å². The highest BCUT2D eigenvalue weighted by atomic mass is 16.2. The molecule has 2 aliphatic rings. The van der Waals surface area contributed by atoms with Crippen molar-refractivity contribution in [1.29, 1.82) is 0 Å². The van der Waals surface area contributed by atoms with E-state index < -0.39 is 0 Å². The first-order chi connectivity index (χ1) is 15.1. The Balaban J connectivity index is 1.25. The van der Waals surface area contributed by atoms with Crippen LogP contribution in [0.4, 0.5) is 5.69 Å². The highest BCUT2D eigenvalue weighted by Gasteiger charge is 2.30. The largest absolute Gasteiger partial charge is 0.369 e. The van der Waals surface area contributed by atoms with E-state index >= 15 is 0 Å². The van der Waals surface area contributed by atoms with Crippen LogP contribution in [0.1, 0.15) is 30.5 Å².